The number of aliphatic hydroxyl groups excluding tert-OH is 1. The normalized spacial score (nSPS) is 15.1. The van der Waals surface area contributed by atoms with Crippen molar-refractivity contribution in [2.75, 3.05) is 0 Å². The van der Waals surface area contributed by atoms with Gasteiger partial charge in [0.05, 0.1) is 11.6 Å². The molecule has 0 aliphatic heterocycles. The second-order valence-corrected chi connectivity index (χ2v) is 7.71. The standard InChI is InChI=1S/C9H14BrNO3S2/c1-6(12)9(2,3)11-16(13,14)8-7(10)4-5-15-8/h4-6,11-12H,1-3H3. The molecule has 0 spiro atoms. The number of halogens is 1. The summed E-state index contributed by atoms with van der Waals surface area (Å²) in [4.78, 5) is 0. The molecule has 0 aromatic carbocycles. The molecule has 1 unspecified atom stereocenters. The second-order valence-electron chi connectivity index (χ2n) is 4.06. The zero-order valence-corrected chi connectivity index (χ0v) is 12.4. The summed E-state index contributed by atoms with van der Waals surface area (Å²) in [5, 5.41) is 11.2. The third kappa shape index (κ3) is 3.04. The first-order chi connectivity index (χ1) is 7.17. The Morgan fingerprint density at radius 2 is 2.12 bits per heavy atom. The zero-order valence-electron chi connectivity index (χ0n) is 9.19. The summed E-state index contributed by atoms with van der Waals surface area (Å²) >= 11 is 4.31. The Morgan fingerprint density at radius 1 is 1.56 bits per heavy atom. The Hall–Kier alpha value is 0.0500. The number of hydrogen-bond acceptors (Lipinski definition) is 4. The Balaban J connectivity index is 3.03. The van der Waals surface area contributed by atoms with E-state index in [2.05, 4.69) is 20.7 Å². The molecule has 92 valence electrons. The smallest absolute Gasteiger partial charge is 0.251 e. The van der Waals surface area contributed by atoms with Crippen LogP contribution < -0.4 is 4.72 Å². The molecule has 0 saturated heterocycles. The number of rotatable bonds is 4. The fourth-order valence-corrected chi connectivity index (χ4v) is 4.76. The van der Waals surface area contributed by atoms with Crippen molar-refractivity contribution < 1.29 is 13.5 Å². The molecule has 16 heavy (non-hydrogen) atoms. The van der Waals surface area contributed by atoms with Crippen molar-refractivity contribution in [1.29, 1.82) is 0 Å². The third-order valence-corrected chi connectivity index (χ3v) is 6.61. The molecule has 4 nitrogen and oxygen atoms in total. The van der Waals surface area contributed by atoms with Gasteiger partial charge in [-0.3, -0.25) is 0 Å². The van der Waals surface area contributed by atoms with Crippen LogP contribution in [0.1, 0.15) is 20.8 Å². The molecule has 7 heteroatoms. The molecule has 0 bridgehead atoms. The maximum absolute atomic E-state index is 12.0. The van der Waals surface area contributed by atoms with Crippen LogP contribution in [0.2, 0.25) is 0 Å². The van der Waals surface area contributed by atoms with Crippen LogP contribution in [0, 0.1) is 0 Å². The Labute approximate surface area is 108 Å². The van der Waals surface area contributed by atoms with Gasteiger partial charge in [0.25, 0.3) is 10.0 Å². The summed E-state index contributed by atoms with van der Waals surface area (Å²) in [5.41, 5.74) is -0.901. The van der Waals surface area contributed by atoms with Crippen molar-refractivity contribution in [2.24, 2.45) is 0 Å². The molecule has 1 atom stereocenters. The minimum atomic E-state index is -3.59. The molecule has 0 radical (unpaired) electrons. The van der Waals surface area contributed by atoms with E-state index in [1.165, 1.54) is 0 Å². The van der Waals surface area contributed by atoms with Crippen LogP contribution in [0.3, 0.4) is 0 Å². The lowest BCUT2D eigenvalue weighted by molar-refractivity contribution is 0.112. The quantitative estimate of drug-likeness (QED) is 0.888. The number of nitrogens with one attached hydrogen (secondary N) is 1. The first-order valence-corrected chi connectivity index (χ1v) is 7.77. The lowest BCUT2D eigenvalue weighted by Gasteiger charge is -2.28. The third-order valence-electron chi connectivity index (χ3n) is 2.27. The Bertz CT molecular complexity index is 465. The van der Waals surface area contributed by atoms with Crippen molar-refractivity contribution in [3.8, 4) is 0 Å². The van der Waals surface area contributed by atoms with Gasteiger partial charge in [-0.1, -0.05) is 0 Å². The van der Waals surface area contributed by atoms with Gasteiger partial charge in [-0.05, 0) is 48.1 Å². The Kier molecular flexibility index (Phi) is 4.18. The predicted molar refractivity (Wildman–Crippen MR) is 68.1 cm³/mol. The van der Waals surface area contributed by atoms with Crippen LogP contribution in [-0.2, 0) is 10.0 Å². The molecular formula is C9H14BrNO3S2. The maximum Gasteiger partial charge on any atom is 0.251 e. The van der Waals surface area contributed by atoms with E-state index in [0.29, 0.717) is 4.47 Å². The molecule has 0 saturated carbocycles. The van der Waals surface area contributed by atoms with Crippen molar-refractivity contribution >= 4 is 37.3 Å². The molecular weight excluding hydrogens is 314 g/mol. The predicted octanol–water partition coefficient (Wildman–Crippen LogP) is 1.95. The van der Waals surface area contributed by atoms with E-state index in [4.69, 9.17) is 0 Å². The van der Waals surface area contributed by atoms with E-state index >= 15 is 0 Å². The first kappa shape index (κ1) is 14.1. The zero-order chi connectivity index (χ0) is 12.6. The number of sulfonamides is 1. The molecule has 1 heterocycles. The lowest BCUT2D eigenvalue weighted by atomic mass is 10.0. The molecule has 0 amide bonds. The summed E-state index contributed by atoms with van der Waals surface area (Å²) in [5.74, 6) is 0. The van der Waals surface area contributed by atoms with Crippen molar-refractivity contribution in [1.82, 2.24) is 4.72 Å². The van der Waals surface area contributed by atoms with E-state index in [1.807, 2.05) is 0 Å². The van der Waals surface area contributed by atoms with Gasteiger partial charge in [0, 0.05) is 4.47 Å². The minimum absolute atomic E-state index is 0.223. The summed E-state index contributed by atoms with van der Waals surface area (Å²) < 4.78 is 27.2. The van der Waals surface area contributed by atoms with Gasteiger partial charge >= 0.3 is 0 Å². The number of aliphatic hydroxyl groups is 1. The molecule has 1 aromatic rings. The monoisotopic (exact) mass is 327 g/mol. The highest BCUT2D eigenvalue weighted by molar-refractivity contribution is 9.10. The van der Waals surface area contributed by atoms with Crippen molar-refractivity contribution in [3.05, 3.63) is 15.9 Å². The molecule has 0 aliphatic carbocycles. The highest BCUT2D eigenvalue weighted by Gasteiger charge is 2.31. The molecule has 1 aromatic heterocycles. The van der Waals surface area contributed by atoms with Crippen LogP contribution in [0.15, 0.2) is 20.1 Å². The number of thiophene rings is 1. The fraction of sp³-hybridized carbons (Fsp3) is 0.556. The van der Waals surface area contributed by atoms with Gasteiger partial charge in [-0.15, -0.1) is 11.3 Å². The van der Waals surface area contributed by atoms with Crippen LogP contribution in [0.4, 0.5) is 0 Å². The van der Waals surface area contributed by atoms with E-state index in [9.17, 15) is 13.5 Å². The van der Waals surface area contributed by atoms with E-state index in [0.717, 1.165) is 11.3 Å². The average molecular weight is 328 g/mol. The van der Waals surface area contributed by atoms with Gasteiger partial charge in [-0.25, -0.2) is 13.1 Å². The van der Waals surface area contributed by atoms with Gasteiger partial charge in [-0.2, -0.15) is 0 Å². The van der Waals surface area contributed by atoms with E-state index in [-0.39, 0.29) is 4.21 Å². The van der Waals surface area contributed by atoms with Crippen LogP contribution in [0.5, 0.6) is 0 Å². The van der Waals surface area contributed by atoms with Crippen molar-refractivity contribution in [3.63, 3.8) is 0 Å². The van der Waals surface area contributed by atoms with Crippen LogP contribution >= 0.6 is 27.3 Å². The summed E-state index contributed by atoms with van der Waals surface area (Å²) in [6.07, 6.45) is -0.777. The van der Waals surface area contributed by atoms with Gasteiger partial charge in [0.15, 0.2) is 0 Å². The van der Waals surface area contributed by atoms with Crippen molar-refractivity contribution in [2.45, 2.75) is 36.6 Å². The molecule has 0 fully saturated rings. The van der Waals surface area contributed by atoms with E-state index < -0.39 is 21.7 Å². The summed E-state index contributed by atoms with van der Waals surface area (Å²) in [6.45, 7) is 4.82. The highest BCUT2D eigenvalue weighted by atomic mass is 79.9. The lowest BCUT2D eigenvalue weighted by Crippen LogP contribution is -2.50. The molecule has 2 N–H and O–H groups in total. The first-order valence-electron chi connectivity index (χ1n) is 4.62. The highest BCUT2D eigenvalue weighted by Crippen LogP contribution is 2.28. The minimum Gasteiger partial charge on any atom is -0.391 e. The largest absolute Gasteiger partial charge is 0.391 e. The number of hydrogen-bond donors (Lipinski definition) is 2. The second kappa shape index (κ2) is 4.73. The molecule has 1 rings (SSSR count). The summed E-state index contributed by atoms with van der Waals surface area (Å²) in [6, 6.07) is 1.68. The van der Waals surface area contributed by atoms with Crippen LogP contribution in [0.25, 0.3) is 0 Å². The van der Waals surface area contributed by atoms with Gasteiger partial charge < -0.3 is 5.11 Å². The maximum atomic E-state index is 12.0. The Morgan fingerprint density at radius 3 is 2.50 bits per heavy atom. The average Bonchev–Trinajstić information content (AvgIpc) is 2.49. The SMILES string of the molecule is CC(O)C(C)(C)NS(=O)(=O)c1sccc1Br. The van der Waals surface area contributed by atoms with Gasteiger partial charge in [0.2, 0.25) is 0 Å². The van der Waals surface area contributed by atoms with E-state index in [1.54, 1.807) is 32.2 Å². The topological polar surface area (TPSA) is 66.4 Å². The molecule has 0 aliphatic rings. The fourth-order valence-electron chi connectivity index (χ4n) is 0.950. The summed E-state index contributed by atoms with van der Waals surface area (Å²) in [7, 11) is -3.59. The van der Waals surface area contributed by atoms with Gasteiger partial charge in [0.1, 0.15) is 4.21 Å². The van der Waals surface area contributed by atoms with Crippen LogP contribution in [-0.4, -0.2) is 25.2 Å².